The Labute approximate surface area is 115 Å². The molecule has 0 saturated carbocycles. The number of tetrazole rings is 1. The standard InChI is InChI=1S/C13H15N5O2/c1-20-10-5-2-4-9(8-10)18-11(6-3-7-12(18)19)13-14-16-17-15-13/h2,4-5,8,11H,3,6-7H2,1H3,(H,14,15,16,17). The van der Waals surface area contributed by atoms with Crippen molar-refractivity contribution in [2.75, 3.05) is 12.0 Å². The minimum absolute atomic E-state index is 0.0688. The first-order chi connectivity index (χ1) is 9.79. The zero-order valence-electron chi connectivity index (χ0n) is 11.1. The highest BCUT2D eigenvalue weighted by molar-refractivity contribution is 5.94. The number of hydrogen-bond acceptors (Lipinski definition) is 5. The van der Waals surface area contributed by atoms with Crippen LogP contribution in [0.5, 0.6) is 5.75 Å². The fraction of sp³-hybridized carbons (Fsp3) is 0.385. The summed E-state index contributed by atoms with van der Waals surface area (Å²) in [6.45, 7) is 0. The van der Waals surface area contributed by atoms with Crippen LogP contribution in [0.4, 0.5) is 5.69 Å². The molecule has 1 aliphatic heterocycles. The van der Waals surface area contributed by atoms with Gasteiger partial charge in [-0.25, -0.2) is 0 Å². The van der Waals surface area contributed by atoms with Crippen LogP contribution in [0.25, 0.3) is 0 Å². The first-order valence-electron chi connectivity index (χ1n) is 6.49. The van der Waals surface area contributed by atoms with E-state index in [1.807, 2.05) is 24.3 Å². The summed E-state index contributed by atoms with van der Waals surface area (Å²) in [5.41, 5.74) is 0.795. The van der Waals surface area contributed by atoms with Crippen molar-refractivity contribution in [1.82, 2.24) is 20.6 Å². The SMILES string of the molecule is COc1cccc(N2C(=O)CCCC2c2nn[nH]n2)c1. The van der Waals surface area contributed by atoms with Gasteiger partial charge in [-0.2, -0.15) is 5.21 Å². The molecule has 0 aliphatic carbocycles. The number of carbonyl (C=O) groups excluding carboxylic acids is 1. The van der Waals surface area contributed by atoms with E-state index in [9.17, 15) is 4.79 Å². The van der Waals surface area contributed by atoms with Gasteiger partial charge in [0.05, 0.1) is 7.11 Å². The zero-order valence-corrected chi connectivity index (χ0v) is 11.1. The zero-order chi connectivity index (χ0) is 13.9. The molecule has 1 N–H and O–H groups in total. The van der Waals surface area contributed by atoms with Crippen molar-refractivity contribution in [3.63, 3.8) is 0 Å². The molecule has 1 amide bonds. The molecule has 0 bridgehead atoms. The van der Waals surface area contributed by atoms with Crippen LogP contribution in [-0.2, 0) is 4.79 Å². The molecule has 0 radical (unpaired) electrons. The monoisotopic (exact) mass is 273 g/mol. The molecule has 2 aromatic rings. The van der Waals surface area contributed by atoms with E-state index in [-0.39, 0.29) is 11.9 Å². The lowest BCUT2D eigenvalue weighted by Gasteiger charge is -2.33. The molecule has 1 aromatic carbocycles. The molecule has 1 unspecified atom stereocenters. The van der Waals surface area contributed by atoms with E-state index in [0.29, 0.717) is 18.0 Å². The predicted octanol–water partition coefficient (Wildman–Crippen LogP) is 1.47. The topological polar surface area (TPSA) is 84.0 Å². The van der Waals surface area contributed by atoms with Gasteiger partial charge >= 0.3 is 0 Å². The van der Waals surface area contributed by atoms with Crippen LogP contribution < -0.4 is 9.64 Å². The minimum Gasteiger partial charge on any atom is -0.497 e. The lowest BCUT2D eigenvalue weighted by Crippen LogP contribution is -2.38. The number of ether oxygens (including phenoxy) is 1. The second kappa shape index (κ2) is 5.28. The third-order valence-electron chi connectivity index (χ3n) is 3.44. The summed E-state index contributed by atoms with van der Waals surface area (Å²) >= 11 is 0. The maximum absolute atomic E-state index is 12.3. The number of H-pyrrole nitrogens is 1. The number of amides is 1. The summed E-state index contributed by atoms with van der Waals surface area (Å²) in [7, 11) is 1.60. The number of methoxy groups -OCH3 is 1. The molecule has 1 aliphatic rings. The van der Waals surface area contributed by atoms with Crippen molar-refractivity contribution in [3.8, 4) is 5.75 Å². The second-order valence-corrected chi connectivity index (χ2v) is 4.64. The quantitative estimate of drug-likeness (QED) is 0.915. The number of carbonyl (C=O) groups is 1. The summed E-state index contributed by atoms with van der Waals surface area (Å²) < 4.78 is 5.22. The first-order valence-corrected chi connectivity index (χ1v) is 6.49. The van der Waals surface area contributed by atoms with Crippen molar-refractivity contribution < 1.29 is 9.53 Å². The van der Waals surface area contributed by atoms with E-state index < -0.39 is 0 Å². The molecule has 7 heteroatoms. The van der Waals surface area contributed by atoms with Crippen molar-refractivity contribution in [1.29, 1.82) is 0 Å². The van der Waals surface area contributed by atoms with Gasteiger partial charge in [-0.05, 0) is 25.0 Å². The number of benzene rings is 1. The Balaban J connectivity index is 1.99. The molecule has 2 heterocycles. The molecular formula is C13H15N5O2. The summed E-state index contributed by atoms with van der Waals surface area (Å²) in [5.74, 6) is 1.33. The predicted molar refractivity (Wildman–Crippen MR) is 71.2 cm³/mol. The summed E-state index contributed by atoms with van der Waals surface area (Å²) in [5, 5.41) is 14.1. The highest BCUT2D eigenvalue weighted by Crippen LogP contribution is 2.35. The molecule has 1 atom stereocenters. The Hall–Kier alpha value is -2.44. The Morgan fingerprint density at radius 3 is 3.10 bits per heavy atom. The fourth-order valence-corrected chi connectivity index (χ4v) is 2.51. The van der Waals surface area contributed by atoms with Gasteiger partial charge in [-0.3, -0.25) is 4.79 Å². The van der Waals surface area contributed by atoms with Crippen LogP contribution >= 0.6 is 0 Å². The van der Waals surface area contributed by atoms with E-state index in [1.165, 1.54) is 0 Å². The van der Waals surface area contributed by atoms with Gasteiger partial charge in [-0.1, -0.05) is 11.3 Å². The Morgan fingerprint density at radius 2 is 2.35 bits per heavy atom. The number of piperidine rings is 1. The van der Waals surface area contributed by atoms with Gasteiger partial charge in [-0.15, -0.1) is 10.2 Å². The summed E-state index contributed by atoms with van der Waals surface area (Å²) in [4.78, 5) is 14.0. The highest BCUT2D eigenvalue weighted by Gasteiger charge is 2.33. The van der Waals surface area contributed by atoms with Crippen molar-refractivity contribution >= 4 is 11.6 Å². The van der Waals surface area contributed by atoms with Gasteiger partial charge in [0, 0.05) is 18.2 Å². The van der Waals surface area contributed by atoms with E-state index in [4.69, 9.17) is 4.74 Å². The van der Waals surface area contributed by atoms with Crippen LogP contribution in [0, 0.1) is 0 Å². The maximum Gasteiger partial charge on any atom is 0.227 e. The van der Waals surface area contributed by atoms with Crippen LogP contribution in [-0.4, -0.2) is 33.6 Å². The molecule has 7 nitrogen and oxygen atoms in total. The van der Waals surface area contributed by atoms with E-state index in [1.54, 1.807) is 12.0 Å². The normalized spacial score (nSPS) is 19.1. The number of anilines is 1. The van der Waals surface area contributed by atoms with E-state index in [2.05, 4.69) is 20.6 Å². The van der Waals surface area contributed by atoms with Crippen molar-refractivity contribution in [2.24, 2.45) is 0 Å². The van der Waals surface area contributed by atoms with Gasteiger partial charge in [0.2, 0.25) is 5.91 Å². The molecule has 1 fully saturated rings. The van der Waals surface area contributed by atoms with Gasteiger partial charge in [0.25, 0.3) is 0 Å². The third kappa shape index (κ3) is 2.22. The van der Waals surface area contributed by atoms with Gasteiger partial charge in [0.1, 0.15) is 11.8 Å². The lowest BCUT2D eigenvalue weighted by atomic mass is 10.00. The molecule has 0 spiro atoms. The Bertz CT molecular complexity index is 599. The molecule has 3 rings (SSSR count). The minimum atomic E-state index is -0.179. The smallest absolute Gasteiger partial charge is 0.227 e. The average molecular weight is 273 g/mol. The lowest BCUT2D eigenvalue weighted by molar-refractivity contribution is -0.120. The fourth-order valence-electron chi connectivity index (χ4n) is 2.51. The van der Waals surface area contributed by atoms with Gasteiger partial charge < -0.3 is 9.64 Å². The third-order valence-corrected chi connectivity index (χ3v) is 3.44. The number of rotatable bonds is 3. The number of nitrogens with zero attached hydrogens (tertiary/aromatic N) is 4. The molecule has 1 aromatic heterocycles. The molecule has 104 valence electrons. The van der Waals surface area contributed by atoms with Gasteiger partial charge in [0.15, 0.2) is 5.82 Å². The van der Waals surface area contributed by atoms with Crippen LogP contribution in [0.2, 0.25) is 0 Å². The average Bonchev–Trinajstić information content (AvgIpc) is 3.01. The van der Waals surface area contributed by atoms with E-state index in [0.717, 1.165) is 18.5 Å². The number of hydrogen-bond donors (Lipinski definition) is 1. The number of aromatic amines is 1. The largest absolute Gasteiger partial charge is 0.497 e. The highest BCUT2D eigenvalue weighted by atomic mass is 16.5. The Morgan fingerprint density at radius 1 is 1.45 bits per heavy atom. The number of nitrogens with one attached hydrogen (secondary N) is 1. The molecular weight excluding hydrogens is 258 g/mol. The summed E-state index contributed by atoms with van der Waals surface area (Å²) in [6, 6.07) is 7.27. The molecule has 20 heavy (non-hydrogen) atoms. The second-order valence-electron chi connectivity index (χ2n) is 4.64. The van der Waals surface area contributed by atoms with Crippen molar-refractivity contribution in [3.05, 3.63) is 30.1 Å². The van der Waals surface area contributed by atoms with Crippen molar-refractivity contribution in [2.45, 2.75) is 25.3 Å². The maximum atomic E-state index is 12.3. The Kier molecular flexibility index (Phi) is 3.32. The van der Waals surface area contributed by atoms with E-state index >= 15 is 0 Å². The molecule has 1 saturated heterocycles. The van der Waals surface area contributed by atoms with Crippen LogP contribution in [0.3, 0.4) is 0 Å². The summed E-state index contributed by atoms with van der Waals surface area (Å²) in [6.07, 6.45) is 2.19. The van der Waals surface area contributed by atoms with Crippen LogP contribution in [0.1, 0.15) is 31.1 Å². The number of aromatic nitrogens is 4. The first kappa shape index (κ1) is 12.6. The van der Waals surface area contributed by atoms with Crippen LogP contribution in [0.15, 0.2) is 24.3 Å².